The quantitative estimate of drug-likeness (QED) is 0.0355. The molecule has 364 valence electrons. The maximum Gasteiger partial charge on any atom is 0.252 e. The van der Waals surface area contributed by atoms with E-state index in [0.29, 0.717) is 59.6 Å². The minimum atomic E-state index is -1.24. The Morgan fingerprint density at radius 2 is 1.07 bits per heavy atom. The number of pyridine rings is 2. The van der Waals surface area contributed by atoms with E-state index in [-0.39, 0.29) is 11.1 Å². The summed E-state index contributed by atoms with van der Waals surface area (Å²) in [5.74, 6) is -1.55. The fourth-order valence-electron chi connectivity index (χ4n) is 7.54. The lowest BCUT2D eigenvalue weighted by molar-refractivity contribution is -0.128. The van der Waals surface area contributed by atoms with E-state index in [2.05, 4.69) is 47.3 Å². The monoisotopic (exact) mass is 1040 g/mol. The Morgan fingerprint density at radius 3 is 1.57 bits per heavy atom. The number of hydrazine groups is 2. The molecule has 0 aliphatic carbocycles. The van der Waals surface area contributed by atoms with Crippen molar-refractivity contribution in [3.05, 3.63) is 175 Å². The van der Waals surface area contributed by atoms with Gasteiger partial charge in [0.1, 0.15) is 5.75 Å². The first kappa shape index (κ1) is 50.5. The van der Waals surface area contributed by atoms with E-state index in [1.54, 1.807) is 66.7 Å². The van der Waals surface area contributed by atoms with Crippen molar-refractivity contribution in [2.45, 2.75) is 25.9 Å². The van der Waals surface area contributed by atoms with E-state index in [1.807, 2.05) is 60.7 Å². The second-order valence-electron chi connectivity index (χ2n) is 16.0. The summed E-state index contributed by atoms with van der Waals surface area (Å²) in [5.41, 5.74) is 16.8. The summed E-state index contributed by atoms with van der Waals surface area (Å²) in [4.78, 5) is 84.8. The van der Waals surface area contributed by atoms with Gasteiger partial charge in [0.05, 0.1) is 55.5 Å². The van der Waals surface area contributed by atoms with E-state index in [0.717, 1.165) is 37.7 Å². The molecule has 2 atom stereocenters. The van der Waals surface area contributed by atoms with Crippen LogP contribution in [-0.4, -0.2) is 57.5 Å². The van der Waals surface area contributed by atoms with Gasteiger partial charge in [-0.3, -0.25) is 28.8 Å². The molecule has 0 saturated heterocycles. The first-order valence-electron chi connectivity index (χ1n) is 21.8. The van der Waals surface area contributed by atoms with Crippen LogP contribution in [0, 0.1) is 0 Å². The fraction of sp³-hybridized carbons (Fsp3) is 0.0962. The summed E-state index contributed by atoms with van der Waals surface area (Å²) >= 11 is 20.3. The average molecular weight is 1040 g/mol. The number of nitrogens with one attached hydrogen (secondary N) is 8. The Kier molecular flexibility index (Phi) is 15.7. The molecule has 0 fully saturated rings. The van der Waals surface area contributed by atoms with Crippen LogP contribution in [0.15, 0.2) is 149 Å². The number of aromatic nitrogens is 3. The molecule has 2 unspecified atom stereocenters. The summed E-state index contributed by atoms with van der Waals surface area (Å²) in [5, 5.41) is 8.42. The molecule has 2 amide bonds. The first-order valence-corrected chi connectivity index (χ1v) is 23.8. The number of fused-ring (bicyclic) bond motifs is 3. The zero-order valence-electron chi connectivity index (χ0n) is 38.3. The fourth-order valence-corrected chi connectivity index (χ4v) is 9.11. The topological polar surface area (TPSA) is 228 Å². The van der Waals surface area contributed by atoms with Crippen LogP contribution in [0.1, 0.15) is 13.8 Å². The molecule has 8 N–H and O–H groups in total. The van der Waals surface area contributed by atoms with Crippen molar-refractivity contribution in [3.63, 3.8) is 0 Å². The van der Waals surface area contributed by atoms with Gasteiger partial charge in [0, 0.05) is 27.9 Å². The van der Waals surface area contributed by atoms with E-state index >= 15 is 0 Å². The highest BCUT2D eigenvalue weighted by molar-refractivity contribution is 7.22. The molecule has 0 saturated carbocycles. The Balaban J connectivity index is 0.000000193. The number of aromatic amines is 2. The largest absolute Gasteiger partial charge is 0.495 e. The molecule has 0 aliphatic rings. The third-order valence-corrected chi connectivity index (χ3v) is 12.8. The number of hydrogen-bond donors (Lipinski definition) is 8. The lowest BCUT2D eigenvalue weighted by atomic mass is 10.0. The Morgan fingerprint density at radius 1 is 0.583 bits per heavy atom. The van der Waals surface area contributed by atoms with Gasteiger partial charge in [-0.15, -0.1) is 0 Å². The number of nitrogens with zero attached hydrogens (tertiary/aromatic N) is 1. The van der Waals surface area contributed by atoms with Crippen molar-refractivity contribution in [2.75, 3.05) is 28.6 Å². The van der Waals surface area contributed by atoms with Gasteiger partial charge in [0.15, 0.2) is 28.8 Å². The van der Waals surface area contributed by atoms with Crippen LogP contribution in [0.25, 0.3) is 54.3 Å². The number of rotatable bonds is 15. The third-order valence-electron chi connectivity index (χ3n) is 11.0. The lowest BCUT2D eigenvalue weighted by Crippen LogP contribution is -2.48. The summed E-state index contributed by atoms with van der Waals surface area (Å²) in [7, 11) is 1.49. The standard InChI is InChI=1S/C26H19Cl2N5O3S.C26H23ClN4O4/c1-13(34)24(25(36)31-26-30-19-8-7-15(27)9-22(19)37-26)33-32-21-12-20-17(10-18(21)28)16(11-23(35)29-20)14-5-3-2-4-6-14;1-15(32)25(26(34)29-20-10-6-7-11-23(20)35-2)31-30-22-14-21-18(12-19(22)27)17(13-24(33)28-21)16-8-4-3-5-9-16/h2-12,24,32-33H,1H3,(H,29,35)(H,30,31,36);3-14,25,30-31H,1-2H3,(H,28,33)(H,29,34). The van der Waals surface area contributed by atoms with Crippen LogP contribution >= 0.6 is 46.1 Å². The summed E-state index contributed by atoms with van der Waals surface area (Å²) in [6, 6.07) is 38.4. The third kappa shape index (κ3) is 11.8. The highest BCUT2D eigenvalue weighted by atomic mass is 35.5. The van der Waals surface area contributed by atoms with Crippen LogP contribution in [0.2, 0.25) is 15.1 Å². The number of amides is 2. The summed E-state index contributed by atoms with van der Waals surface area (Å²) < 4.78 is 6.05. The van der Waals surface area contributed by atoms with Crippen LogP contribution in [0.5, 0.6) is 5.75 Å². The lowest BCUT2D eigenvalue weighted by Gasteiger charge is -2.19. The molecule has 20 heteroatoms. The van der Waals surface area contributed by atoms with Crippen LogP contribution < -0.4 is 48.2 Å². The normalized spacial score (nSPS) is 11.8. The zero-order chi connectivity index (χ0) is 51.1. The number of carbonyl (C=O) groups is 4. The smallest absolute Gasteiger partial charge is 0.252 e. The minimum Gasteiger partial charge on any atom is -0.495 e. The summed E-state index contributed by atoms with van der Waals surface area (Å²) in [6.45, 7) is 2.59. The number of H-pyrrole nitrogens is 2. The molecular weight excluding hydrogens is 1000 g/mol. The number of thiazole rings is 1. The molecule has 0 radical (unpaired) electrons. The molecule has 0 spiro atoms. The number of benzene rings is 6. The number of halogens is 3. The van der Waals surface area contributed by atoms with E-state index < -0.39 is 35.5 Å². The van der Waals surface area contributed by atoms with Crippen molar-refractivity contribution in [3.8, 4) is 28.0 Å². The molecule has 0 bridgehead atoms. The van der Waals surface area contributed by atoms with Gasteiger partial charge in [0.25, 0.3) is 11.8 Å². The number of carbonyl (C=O) groups excluding carboxylic acids is 4. The van der Waals surface area contributed by atoms with Gasteiger partial charge in [0.2, 0.25) is 11.1 Å². The van der Waals surface area contributed by atoms with Gasteiger partial charge < -0.3 is 36.2 Å². The van der Waals surface area contributed by atoms with Crippen molar-refractivity contribution in [2.24, 2.45) is 0 Å². The van der Waals surface area contributed by atoms with Crippen molar-refractivity contribution in [1.29, 1.82) is 0 Å². The Bertz CT molecular complexity index is 3650. The first-order chi connectivity index (χ1) is 34.6. The van der Waals surface area contributed by atoms with Gasteiger partial charge in [-0.2, -0.15) is 0 Å². The summed E-state index contributed by atoms with van der Waals surface area (Å²) in [6.07, 6.45) is 0. The predicted molar refractivity (Wildman–Crippen MR) is 287 cm³/mol. The maximum atomic E-state index is 12.9. The predicted octanol–water partition coefficient (Wildman–Crippen LogP) is 9.99. The van der Waals surface area contributed by atoms with Gasteiger partial charge in [-0.05, 0) is 90.7 Å². The highest BCUT2D eigenvalue weighted by Crippen LogP contribution is 2.35. The van der Waals surface area contributed by atoms with Gasteiger partial charge >= 0.3 is 0 Å². The minimum absolute atomic E-state index is 0.268. The van der Waals surface area contributed by atoms with Crippen molar-refractivity contribution in [1.82, 2.24) is 25.8 Å². The number of ether oxygens (including phenoxy) is 1. The number of anilines is 4. The number of ketones is 2. The van der Waals surface area contributed by atoms with Crippen molar-refractivity contribution < 1.29 is 23.9 Å². The van der Waals surface area contributed by atoms with Crippen molar-refractivity contribution >= 4 is 124 Å². The molecule has 16 nitrogen and oxygen atoms in total. The van der Waals surface area contributed by atoms with E-state index in [1.165, 1.54) is 44.4 Å². The van der Waals surface area contributed by atoms with Crippen LogP contribution in [0.4, 0.5) is 22.2 Å². The Hall–Kier alpha value is -7.90. The molecule has 3 heterocycles. The number of Topliss-reactive ketones (excluding diaryl/α,β-unsaturated/α-hetero) is 2. The van der Waals surface area contributed by atoms with E-state index in [9.17, 15) is 28.8 Å². The second-order valence-corrected chi connectivity index (χ2v) is 18.3. The van der Waals surface area contributed by atoms with Crippen LogP contribution in [0.3, 0.4) is 0 Å². The highest BCUT2D eigenvalue weighted by Gasteiger charge is 2.26. The number of hydrogen-bond acceptors (Lipinski definition) is 13. The zero-order valence-corrected chi connectivity index (χ0v) is 41.4. The molecule has 72 heavy (non-hydrogen) atoms. The molecule has 6 aromatic carbocycles. The molecule has 9 rings (SSSR count). The average Bonchev–Trinajstić information content (AvgIpc) is 3.76. The molecule has 9 aromatic rings. The van der Waals surface area contributed by atoms with Gasteiger partial charge in [-0.1, -0.05) is 119 Å². The maximum absolute atomic E-state index is 12.9. The second kappa shape index (κ2) is 22.5. The van der Waals surface area contributed by atoms with E-state index in [4.69, 9.17) is 39.5 Å². The van der Waals surface area contributed by atoms with Gasteiger partial charge in [-0.25, -0.2) is 15.8 Å². The number of para-hydroxylation sites is 2. The molecule has 0 aliphatic heterocycles. The molecule has 3 aromatic heterocycles. The number of methoxy groups -OCH3 is 1. The SMILES string of the molecule is CC(=O)C(NNc1cc2[nH]c(=O)cc(-c3ccccc3)c2cc1Cl)C(=O)Nc1nc2ccc(Cl)cc2s1.COc1ccccc1NC(=O)C(NNc1cc2[nH]c(=O)cc(-c3ccccc3)c2cc1Cl)C(C)=O. The van der Waals surface area contributed by atoms with Crippen LogP contribution in [-0.2, 0) is 19.2 Å². The molecular formula is C52H42Cl3N9O7S. The Labute approximate surface area is 429 Å².